The van der Waals surface area contributed by atoms with E-state index in [4.69, 9.17) is 24.7 Å². The Balaban J connectivity index is 2.38. The minimum Gasteiger partial charge on any atom is -0.496 e. The van der Waals surface area contributed by atoms with E-state index in [1.165, 1.54) is 21.3 Å². The van der Waals surface area contributed by atoms with Gasteiger partial charge in [0.15, 0.2) is 11.5 Å². The fourth-order valence-electron chi connectivity index (χ4n) is 3.87. The first-order chi connectivity index (χ1) is 14.8. The van der Waals surface area contributed by atoms with Crippen LogP contribution in [0.4, 0.5) is 0 Å². The first kappa shape index (κ1) is 22.1. The van der Waals surface area contributed by atoms with Gasteiger partial charge < -0.3 is 29.2 Å². The molecular formula is C23H27N3O5. The van der Waals surface area contributed by atoms with Crippen molar-refractivity contribution in [1.29, 1.82) is 5.26 Å². The Kier molecular flexibility index (Phi) is 6.16. The van der Waals surface area contributed by atoms with Crippen LogP contribution in [0.3, 0.4) is 0 Å². The quantitative estimate of drug-likeness (QED) is 0.757. The number of aryl methyl sites for hydroxylation is 1. The molecule has 0 fully saturated rings. The number of hydrogen-bond donors (Lipinski definition) is 1. The lowest BCUT2D eigenvalue weighted by Gasteiger charge is -2.29. The zero-order chi connectivity index (χ0) is 22.9. The number of nitrogens with two attached hydrogens (primary N) is 1. The van der Waals surface area contributed by atoms with Crippen molar-refractivity contribution < 1.29 is 18.9 Å². The Morgan fingerprint density at radius 3 is 2.29 bits per heavy atom. The molecule has 2 aromatic rings. The van der Waals surface area contributed by atoms with E-state index in [1.54, 1.807) is 22.8 Å². The average Bonchev–Trinajstić information content (AvgIpc) is 2.74. The molecule has 0 saturated carbocycles. The molecule has 2 heterocycles. The molecule has 0 unspecified atom stereocenters. The SMILES string of the molecule is COc1cc(OC)c([C@@H]2C(C#N)=C(N)Oc3cc(C)n(CC(C)C)c(=O)c32)cc1OC. The summed E-state index contributed by atoms with van der Waals surface area (Å²) in [6.45, 7) is 6.46. The van der Waals surface area contributed by atoms with E-state index >= 15 is 0 Å². The average molecular weight is 425 g/mol. The molecule has 0 radical (unpaired) electrons. The van der Waals surface area contributed by atoms with Gasteiger partial charge in [-0.05, 0) is 18.9 Å². The number of rotatable bonds is 6. The molecule has 1 aliphatic rings. The molecule has 164 valence electrons. The first-order valence-corrected chi connectivity index (χ1v) is 9.89. The van der Waals surface area contributed by atoms with Crippen LogP contribution in [0.25, 0.3) is 0 Å². The minimum absolute atomic E-state index is 0.0442. The van der Waals surface area contributed by atoms with E-state index in [0.29, 0.717) is 40.7 Å². The number of fused-ring (bicyclic) bond motifs is 1. The summed E-state index contributed by atoms with van der Waals surface area (Å²) in [4.78, 5) is 13.6. The van der Waals surface area contributed by atoms with Gasteiger partial charge in [0, 0.05) is 29.9 Å². The van der Waals surface area contributed by atoms with Gasteiger partial charge in [-0.25, -0.2) is 0 Å². The lowest BCUT2D eigenvalue weighted by molar-refractivity contribution is 0.346. The van der Waals surface area contributed by atoms with Crippen molar-refractivity contribution in [2.24, 2.45) is 11.7 Å². The fraction of sp³-hybridized carbons (Fsp3) is 0.391. The third kappa shape index (κ3) is 3.79. The Morgan fingerprint density at radius 1 is 1.13 bits per heavy atom. The summed E-state index contributed by atoms with van der Waals surface area (Å²) < 4.78 is 23.8. The minimum atomic E-state index is -0.782. The third-order valence-corrected chi connectivity index (χ3v) is 5.28. The Bertz CT molecular complexity index is 1140. The Labute approximate surface area is 181 Å². The van der Waals surface area contributed by atoms with Crippen molar-refractivity contribution in [3.63, 3.8) is 0 Å². The largest absolute Gasteiger partial charge is 0.496 e. The van der Waals surface area contributed by atoms with E-state index in [0.717, 1.165) is 5.69 Å². The van der Waals surface area contributed by atoms with Gasteiger partial charge in [0.1, 0.15) is 23.1 Å². The molecule has 0 aliphatic carbocycles. The van der Waals surface area contributed by atoms with Gasteiger partial charge >= 0.3 is 0 Å². The van der Waals surface area contributed by atoms with Crippen molar-refractivity contribution in [2.75, 3.05) is 21.3 Å². The molecule has 8 heteroatoms. The number of ether oxygens (including phenoxy) is 4. The molecule has 31 heavy (non-hydrogen) atoms. The topological polar surface area (TPSA) is 109 Å². The number of nitrogens with zero attached hydrogens (tertiary/aromatic N) is 2. The predicted molar refractivity (Wildman–Crippen MR) is 116 cm³/mol. The van der Waals surface area contributed by atoms with E-state index in [9.17, 15) is 10.1 Å². The highest BCUT2D eigenvalue weighted by Crippen LogP contribution is 2.46. The Morgan fingerprint density at radius 2 is 1.74 bits per heavy atom. The maximum absolute atomic E-state index is 13.6. The second-order valence-electron chi connectivity index (χ2n) is 7.75. The van der Waals surface area contributed by atoms with Crippen LogP contribution in [0.2, 0.25) is 0 Å². The first-order valence-electron chi connectivity index (χ1n) is 9.89. The van der Waals surface area contributed by atoms with E-state index in [-0.39, 0.29) is 22.9 Å². The van der Waals surface area contributed by atoms with E-state index in [2.05, 4.69) is 6.07 Å². The van der Waals surface area contributed by atoms with Crippen LogP contribution in [0.15, 0.2) is 34.4 Å². The summed E-state index contributed by atoms with van der Waals surface area (Å²) in [5.41, 5.74) is 7.65. The number of nitriles is 1. The molecule has 0 saturated heterocycles. The smallest absolute Gasteiger partial charge is 0.258 e. The fourth-order valence-corrected chi connectivity index (χ4v) is 3.87. The summed E-state index contributed by atoms with van der Waals surface area (Å²) in [7, 11) is 4.55. The van der Waals surface area contributed by atoms with Crippen molar-refractivity contribution >= 4 is 0 Å². The van der Waals surface area contributed by atoms with Gasteiger partial charge in [0.25, 0.3) is 5.56 Å². The van der Waals surface area contributed by atoms with Crippen LogP contribution in [-0.4, -0.2) is 25.9 Å². The van der Waals surface area contributed by atoms with Gasteiger partial charge in [-0.15, -0.1) is 0 Å². The monoisotopic (exact) mass is 425 g/mol. The highest BCUT2D eigenvalue weighted by Gasteiger charge is 2.36. The molecule has 1 aliphatic heterocycles. The highest BCUT2D eigenvalue weighted by atomic mass is 16.5. The van der Waals surface area contributed by atoms with Crippen LogP contribution in [0, 0.1) is 24.2 Å². The summed E-state index contributed by atoms with van der Waals surface area (Å²) in [5, 5.41) is 9.90. The molecule has 0 bridgehead atoms. The second-order valence-corrected chi connectivity index (χ2v) is 7.75. The van der Waals surface area contributed by atoms with Gasteiger partial charge in [0.2, 0.25) is 5.88 Å². The van der Waals surface area contributed by atoms with E-state index in [1.807, 2.05) is 20.8 Å². The lowest BCUT2D eigenvalue weighted by atomic mass is 9.83. The zero-order valence-electron chi connectivity index (χ0n) is 18.6. The number of methoxy groups -OCH3 is 3. The van der Waals surface area contributed by atoms with Crippen LogP contribution in [0.1, 0.15) is 36.6 Å². The molecule has 1 atom stereocenters. The number of hydrogen-bond acceptors (Lipinski definition) is 7. The van der Waals surface area contributed by atoms with Crippen molar-refractivity contribution in [3.05, 3.63) is 56.8 Å². The third-order valence-electron chi connectivity index (χ3n) is 5.28. The maximum atomic E-state index is 13.6. The summed E-state index contributed by atoms with van der Waals surface area (Å²) in [6.07, 6.45) is 0. The van der Waals surface area contributed by atoms with Crippen molar-refractivity contribution in [2.45, 2.75) is 33.2 Å². The normalized spacial score (nSPS) is 15.2. The van der Waals surface area contributed by atoms with E-state index < -0.39 is 5.92 Å². The maximum Gasteiger partial charge on any atom is 0.258 e. The molecule has 3 rings (SSSR count). The Hall–Kier alpha value is -3.60. The molecule has 2 N–H and O–H groups in total. The van der Waals surface area contributed by atoms with Gasteiger partial charge in [-0.3, -0.25) is 4.79 Å². The van der Waals surface area contributed by atoms with Crippen LogP contribution >= 0.6 is 0 Å². The number of benzene rings is 1. The summed E-state index contributed by atoms with van der Waals surface area (Å²) in [5.74, 6) is 1.10. The van der Waals surface area contributed by atoms with Gasteiger partial charge in [0.05, 0.1) is 32.8 Å². The molecule has 0 spiro atoms. The van der Waals surface area contributed by atoms with Crippen LogP contribution in [0.5, 0.6) is 23.0 Å². The van der Waals surface area contributed by atoms with Crippen molar-refractivity contribution in [3.8, 4) is 29.1 Å². The van der Waals surface area contributed by atoms with Gasteiger partial charge in [-0.1, -0.05) is 13.8 Å². The molecule has 1 aromatic carbocycles. The predicted octanol–water partition coefficient (Wildman–Crippen LogP) is 3.06. The molecule has 0 amide bonds. The summed E-state index contributed by atoms with van der Waals surface area (Å²) >= 11 is 0. The molecule has 1 aromatic heterocycles. The molecular weight excluding hydrogens is 398 g/mol. The van der Waals surface area contributed by atoms with Crippen LogP contribution < -0.4 is 30.2 Å². The van der Waals surface area contributed by atoms with Crippen LogP contribution in [-0.2, 0) is 6.54 Å². The lowest BCUT2D eigenvalue weighted by Crippen LogP contribution is -2.33. The summed E-state index contributed by atoms with van der Waals surface area (Å²) in [6, 6.07) is 7.26. The number of pyridine rings is 1. The zero-order valence-corrected chi connectivity index (χ0v) is 18.6. The molecule has 8 nitrogen and oxygen atoms in total. The number of aromatic nitrogens is 1. The number of allylic oxidation sites excluding steroid dienone is 1. The standard InChI is InChI=1S/C23H27N3O5/c1-12(2)11-26-13(3)7-19-21(23(26)27)20(15(10-24)22(25)31-19)14-8-17(29-5)18(30-6)9-16(14)28-4/h7-9,12,20H,11,25H2,1-6H3/t20-/m1/s1. The highest BCUT2D eigenvalue weighted by molar-refractivity contribution is 5.61. The van der Waals surface area contributed by atoms with Gasteiger partial charge in [-0.2, -0.15) is 5.26 Å². The van der Waals surface area contributed by atoms with Crippen molar-refractivity contribution in [1.82, 2.24) is 4.57 Å². The second kappa shape index (κ2) is 8.64.